The van der Waals surface area contributed by atoms with Crippen molar-refractivity contribution in [3.05, 3.63) is 84.4 Å². The number of terminal acetylenes is 1. The van der Waals surface area contributed by atoms with Gasteiger partial charge in [0.05, 0.1) is 26.4 Å². The molecule has 2 aromatic rings. The molecule has 2 nitrogen and oxygen atoms in total. The molecule has 0 heterocycles. The van der Waals surface area contributed by atoms with Crippen LogP contribution in [0.2, 0.25) is 0 Å². The number of ether oxygens (including phenoxy) is 2. The highest BCUT2D eigenvalue weighted by Crippen LogP contribution is 2.29. The lowest BCUT2D eigenvalue weighted by Gasteiger charge is -2.30. The summed E-state index contributed by atoms with van der Waals surface area (Å²) in [6.07, 6.45) is 5.41. The Morgan fingerprint density at radius 1 is 0.960 bits per heavy atom. The summed E-state index contributed by atoms with van der Waals surface area (Å²) < 4.78 is 19.1. The molecule has 0 aliphatic heterocycles. The highest BCUT2D eigenvalue weighted by atomic mass is 16.5. The van der Waals surface area contributed by atoms with Crippen LogP contribution in [0.1, 0.15) is 25.3 Å². The molecular formula is C23H26O2. The van der Waals surface area contributed by atoms with E-state index in [0.29, 0.717) is 32.8 Å². The van der Waals surface area contributed by atoms with Crippen LogP contribution in [0.5, 0.6) is 0 Å². The van der Waals surface area contributed by atoms with Gasteiger partial charge in [-0.25, -0.2) is 0 Å². The molecular weight excluding hydrogens is 308 g/mol. The van der Waals surface area contributed by atoms with Crippen LogP contribution in [0.15, 0.2) is 73.3 Å². The Balaban J connectivity index is 1.96. The van der Waals surface area contributed by atoms with E-state index in [4.69, 9.17) is 10.8 Å². The summed E-state index contributed by atoms with van der Waals surface area (Å²) in [5.41, 5.74) is 1.98. The van der Waals surface area contributed by atoms with Gasteiger partial charge in [0.2, 0.25) is 0 Å². The van der Waals surface area contributed by atoms with Crippen molar-refractivity contribution in [2.24, 2.45) is 5.41 Å². The minimum absolute atomic E-state index is 0.292. The number of hydrogen-bond acceptors (Lipinski definition) is 2. The Kier molecular flexibility index (Phi) is 7.35. The van der Waals surface area contributed by atoms with E-state index in [9.17, 15) is 0 Å². The minimum Gasteiger partial charge on any atom is -0.376 e. The maximum absolute atomic E-state index is 7.17. The summed E-state index contributed by atoms with van der Waals surface area (Å²) in [4.78, 5) is 0. The summed E-state index contributed by atoms with van der Waals surface area (Å²) in [5, 5.41) is 0. The third kappa shape index (κ3) is 6.58. The first kappa shape index (κ1) is 17.5. The van der Waals surface area contributed by atoms with Gasteiger partial charge in [0.1, 0.15) is 1.37 Å². The fourth-order valence-corrected chi connectivity index (χ4v) is 2.75. The summed E-state index contributed by atoms with van der Waals surface area (Å²) in [7, 11) is 0. The Bertz CT molecular complexity index is 656. The number of benzene rings is 2. The molecule has 0 atom stereocenters. The Morgan fingerprint density at radius 2 is 1.48 bits per heavy atom. The van der Waals surface area contributed by atoms with Crippen molar-refractivity contribution in [3.63, 3.8) is 0 Å². The quantitative estimate of drug-likeness (QED) is 0.425. The standard InChI is InChI=1S/C23H26O2/c1-3-15-23(16-4-2,19-24-17-21-11-7-5-8-12-21)20-25-18-22-13-9-6-10-14-22/h1,4-14H,2,15-20H2/i1D. The summed E-state index contributed by atoms with van der Waals surface area (Å²) in [6.45, 7) is 6.00. The molecule has 0 saturated heterocycles. The van der Waals surface area contributed by atoms with Crippen LogP contribution in [0.3, 0.4) is 0 Å². The molecule has 2 aromatic carbocycles. The zero-order valence-electron chi connectivity index (χ0n) is 15.6. The molecule has 2 heteroatoms. The third-order valence-corrected chi connectivity index (χ3v) is 4.08. The molecule has 0 saturated carbocycles. The van der Waals surface area contributed by atoms with Gasteiger partial charge in [-0.15, -0.1) is 18.9 Å². The fraction of sp³-hybridized carbons (Fsp3) is 0.304. The van der Waals surface area contributed by atoms with Crippen molar-refractivity contribution in [3.8, 4) is 12.3 Å². The van der Waals surface area contributed by atoms with Crippen molar-refractivity contribution in [1.29, 1.82) is 0 Å². The number of rotatable bonds is 11. The van der Waals surface area contributed by atoms with E-state index in [1.165, 1.54) is 0 Å². The Morgan fingerprint density at radius 3 is 1.92 bits per heavy atom. The van der Waals surface area contributed by atoms with Gasteiger partial charge in [-0.3, -0.25) is 0 Å². The maximum atomic E-state index is 7.17. The van der Waals surface area contributed by atoms with Crippen LogP contribution in [-0.2, 0) is 22.7 Å². The molecule has 0 aliphatic rings. The summed E-state index contributed by atoms with van der Waals surface area (Å²) in [5.74, 6) is 2.88. The normalized spacial score (nSPS) is 11.3. The van der Waals surface area contributed by atoms with E-state index in [2.05, 4.69) is 18.9 Å². The number of hydrogen-bond donors (Lipinski definition) is 0. The van der Waals surface area contributed by atoms with Crippen molar-refractivity contribution in [2.75, 3.05) is 13.2 Å². The van der Waals surface area contributed by atoms with Gasteiger partial charge in [-0.1, -0.05) is 66.7 Å². The predicted octanol–water partition coefficient (Wildman–Crippen LogP) is 5.01. The topological polar surface area (TPSA) is 18.5 Å². The van der Waals surface area contributed by atoms with Crippen LogP contribution >= 0.6 is 0 Å². The minimum atomic E-state index is -0.292. The average molecular weight is 335 g/mol. The van der Waals surface area contributed by atoms with Crippen LogP contribution < -0.4 is 0 Å². The molecule has 0 fully saturated rings. The zero-order valence-corrected chi connectivity index (χ0v) is 14.6. The van der Waals surface area contributed by atoms with Crippen LogP contribution in [0.4, 0.5) is 0 Å². The van der Waals surface area contributed by atoms with Crippen molar-refractivity contribution in [2.45, 2.75) is 26.1 Å². The van der Waals surface area contributed by atoms with E-state index in [-0.39, 0.29) is 5.41 Å². The molecule has 130 valence electrons. The smallest absolute Gasteiger partial charge is 0.124 e. The Labute approximate surface area is 152 Å². The second-order valence-electron chi connectivity index (χ2n) is 6.30. The molecule has 0 aromatic heterocycles. The van der Waals surface area contributed by atoms with Gasteiger partial charge in [0.15, 0.2) is 0 Å². The van der Waals surface area contributed by atoms with Gasteiger partial charge >= 0.3 is 0 Å². The monoisotopic (exact) mass is 335 g/mol. The first-order valence-corrected chi connectivity index (χ1v) is 8.52. The van der Waals surface area contributed by atoms with Crippen molar-refractivity contribution >= 4 is 0 Å². The first-order chi connectivity index (χ1) is 12.8. The van der Waals surface area contributed by atoms with E-state index >= 15 is 0 Å². The van der Waals surface area contributed by atoms with E-state index < -0.39 is 0 Å². The predicted molar refractivity (Wildman–Crippen MR) is 103 cm³/mol. The van der Waals surface area contributed by atoms with Gasteiger partial charge in [0.25, 0.3) is 0 Å². The highest BCUT2D eigenvalue weighted by Gasteiger charge is 2.29. The lowest BCUT2D eigenvalue weighted by Crippen LogP contribution is -2.32. The van der Waals surface area contributed by atoms with E-state index in [1.807, 2.05) is 66.7 Å². The van der Waals surface area contributed by atoms with E-state index in [1.54, 1.807) is 0 Å². The van der Waals surface area contributed by atoms with Crippen molar-refractivity contribution in [1.82, 2.24) is 0 Å². The van der Waals surface area contributed by atoms with E-state index in [0.717, 1.165) is 17.5 Å². The average Bonchev–Trinajstić information content (AvgIpc) is 2.68. The van der Waals surface area contributed by atoms with Crippen LogP contribution in [0, 0.1) is 17.7 Å². The largest absolute Gasteiger partial charge is 0.376 e. The summed E-state index contributed by atoms with van der Waals surface area (Å²) >= 11 is 0. The Hall–Kier alpha value is -2.34. The number of allylic oxidation sites excluding steroid dienone is 1. The molecule has 0 radical (unpaired) electrons. The lowest BCUT2D eigenvalue weighted by atomic mass is 9.83. The third-order valence-electron chi connectivity index (χ3n) is 4.08. The van der Waals surface area contributed by atoms with Crippen molar-refractivity contribution < 1.29 is 10.8 Å². The van der Waals surface area contributed by atoms with Gasteiger partial charge in [-0.05, 0) is 17.5 Å². The zero-order chi connectivity index (χ0) is 18.5. The second-order valence-corrected chi connectivity index (χ2v) is 6.30. The van der Waals surface area contributed by atoms with Gasteiger partial charge < -0.3 is 9.47 Å². The molecule has 2 rings (SSSR count). The molecule has 0 N–H and O–H groups in total. The fourth-order valence-electron chi connectivity index (χ4n) is 2.75. The van der Waals surface area contributed by atoms with Crippen LogP contribution in [0.25, 0.3) is 0 Å². The maximum Gasteiger partial charge on any atom is 0.124 e. The molecule has 0 amide bonds. The van der Waals surface area contributed by atoms with Gasteiger partial charge in [-0.2, -0.15) is 0 Å². The second kappa shape index (κ2) is 10.5. The SMILES string of the molecule is [2H]C#CCC(CC=C)(COCc1ccccc1)COCc1ccccc1. The first-order valence-electron chi connectivity index (χ1n) is 9.02. The molecule has 0 bridgehead atoms. The molecule has 0 unspecified atom stereocenters. The van der Waals surface area contributed by atoms with Gasteiger partial charge in [0, 0.05) is 11.8 Å². The van der Waals surface area contributed by atoms with Crippen LogP contribution in [-0.4, -0.2) is 13.2 Å². The summed E-state index contributed by atoms with van der Waals surface area (Å²) in [6, 6.07) is 20.2. The molecule has 25 heavy (non-hydrogen) atoms. The lowest BCUT2D eigenvalue weighted by molar-refractivity contribution is -0.0293. The molecule has 0 aliphatic carbocycles. The highest BCUT2D eigenvalue weighted by molar-refractivity contribution is 5.14. The molecule has 0 spiro atoms.